The summed E-state index contributed by atoms with van der Waals surface area (Å²) >= 11 is 3.36. The monoisotopic (exact) mass is 423 g/mol. The van der Waals surface area contributed by atoms with E-state index in [4.69, 9.17) is 18.9 Å². The number of ether oxygens (including phenoxy) is 4. The summed E-state index contributed by atoms with van der Waals surface area (Å²) in [6.07, 6.45) is -0.656. The van der Waals surface area contributed by atoms with Crippen molar-refractivity contribution in [2.24, 2.45) is 0 Å². The lowest BCUT2D eigenvalue weighted by Gasteiger charge is -2.16. The van der Waals surface area contributed by atoms with Crippen LogP contribution in [0.3, 0.4) is 0 Å². The summed E-state index contributed by atoms with van der Waals surface area (Å²) in [6, 6.07) is 12.5. The maximum Gasteiger partial charge on any atom is 0.265 e. The van der Waals surface area contributed by atoms with Crippen molar-refractivity contribution in [3.05, 3.63) is 46.9 Å². The van der Waals surface area contributed by atoms with Crippen LogP contribution in [0.4, 0.5) is 5.69 Å². The van der Waals surface area contributed by atoms with Gasteiger partial charge < -0.3 is 24.3 Å². The van der Waals surface area contributed by atoms with Gasteiger partial charge in [0.15, 0.2) is 17.6 Å². The molecule has 0 aromatic heterocycles. The van der Waals surface area contributed by atoms with Crippen LogP contribution < -0.4 is 19.5 Å². The van der Waals surface area contributed by atoms with Gasteiger partial charge in [0.25, 0.3) is 5.91 Å². The number of carbonyl (C=O) groups is 1. The largest absolute Gasteiger partial charge is 0.493 e. The van der Waals surface area contributed by atoms with Crippen LogP contribution in [0.5, 0.6) is 17.2 Å². The third-order valence-electron chi connectivity index (χ3n) is 3.47. The van der Waals surface area contributed by atoms with Crippen molar-refractivity contribution in [3.63, 3.8) is 0 Å². The molecule has 1 amide bonds. The van der Waals surface area contributed by atoms with Gasteiger partial charge in [-0.25, -0.2) is 0 Å². The Morgan fingerprint density at radius 2 is 1.81 bits per heavy atom. The maximum atomic E-state index is 12.4. The van der Waals surface area contributed by atoms with Crippen LogP contribution in [0.25, 0.3) is 0 Å². The van der Waals surface area contributed by atoms with Crippen molar-refractivity contribution in [1.82, 2.24) is 0 Å². The highest BCUT2D eigenvalue weighted by Crippen LogP contribution is 2.30. The van der Waals surface area contributed by atoms with Crippen molar-refractivity contribution in [3.8, 4) is 17.2 Å². The van der Waals surface area contributed by atoms with Crippen molar-refractivity contribution in [2.45, 2.75) is 13.0 Å². The van der Waals surface area contributed by atoms with Gasteiger partial charge in [-0.1, -0.05) is 15.9 Å². The van der Waals surface area contributed by atoms with Crippen molar-refractivity contribution in [1.29, 1.82) is 0 Å². The molecule has 1 N–H and O–H groups in total. The molecule has 0 heterocycles. The Labute approximate surface area is 161 Å². The first-order valence-electron chi connectivity index (χ1n) is 8.06. The van der Waals surface area contributed by atoms with E-state index in [0.29, 0.717) is 36.1 Å². The van der Waals surface area contributed by atoms with Gasteiger partial charge in [0.05, 0.1) is 13.7 Å². The molecule has 2 rings (SSSR count). The lowest BCUT2D eigenvalue weighted by molar-refractivity contribution is -0.122. The molecule has 0 spiro atoms. The summed E-state index contributed by atoms with van der Waals surface area (Å²) in [6.45, 7) is 2.53. The summed E-state index contributed by atoms with van der Waals surface area (Å²) in [5, 5.41) is 2.82. The Morgan fingerprint density at radius 3 is 2.46 bits per heavy atom. The van der Waals surface area contributed by atoms with Crippen molar-refractivity contribution in [2.75, 3.05) is 32.8 Å². The molecule has 0 aliphatic rings. The summed E-state index contributed by atoms with van der Waals surface area (Å²) in [4.78, 5) is 12.4. The molecule has 2 aromatic carbocycles. The van der Waals surface area contributed by atoms with Crippen LogP contribution in [0, 0.1) is 0 Å². The molecule has 1 atom stereocenters. The van der Waals surface area contributed by atoms with E-state index in [1.165, 1.54) is 0 Å². The zero-order valence-corrected chi connectivity index (χ0v) is 16.5. The third-order valence-corrected chi connectivity index (χ3v) is 4.00. The Kier molecular flexibility index (Phi) is 7.74. The minimum absolute atomic E-state index is 0.263. The zero-order chi connectivity index (χ0) is 18.9. The summed E-state index contributed by atoms with van der Waals surface area (Å²) < 4.78 is 22.5. The van der Waals surface area contributed by atoms with E-state index in [-0.39, 0.29) is 5.91 Å². The molecule has 0 aliphatic heterocycles. The van der Waals surface area contributed by atoms with E-state index in [1.807, 2.05) is 12.1 Å². The first-order chi connectivity index (χ1) is 12.5. The van der Waals surface area contributed by atoms with Gasteiger partial charge in [-0.05, 0) is 43.3 Å². The number of hydrogen-bond acceptors (Lipinski definition) is 5. The van der Waals surface area contributed by atoms with Crippen LogP contribution >= 0.6 is 15.9 Å². The van der Waals surface area contributed by atoms with Crippen molar-refractivity contribution >= 4 is 27.5 Å². The molecule has 26 heavy (non-hydrogen) atoms. The molecule has 0 aliphatic carbocycles. The first-order valence-corrected chi connectivity index (χ1v) is 8.85. The Bertz CT molecular complexity index is 720. The topological polar surface area (TPSA) is 66.0 Å². The summed E-state index contributed by atoms with van der Waals surface area (Å²) in [5.74, 6) is 1.47. The number of nitrogens with one attached hydrogen (secondary N) is 1. The molecule has 0 fully saturated rings. The predicted molar refractivity (Wildman–Crippen MR) is 103 cm³/mol. The standard InChI is InChI=1S/C19H22BrNO5/c1-13(26-16-7-4-14(20)5-8-16)19(22)21-15-6-9-17(24-3)18(12-15)25-11-10-23-2/h4-9,12-13H,10-11H2,1-3H3,(H,21,22). The van der Waals surface area contributed by atoms with E-state index < -0.39 is 6.10 Å². The SMILES string of the molecule is COCCOc1cc(NC(=O)C(C)Oc2ccc(Br)cc2)ccc1OC. The van der Waals surface area contributed by atoms with Crippen LogP contribution in [0.2, 0.25) is 0 Å². The number of rotatable bonds is 9. The maximum absolute atomic E-state index is 12.4. The number of methoxy groups -OCH3 is 2. The summed E-state index contributed by atoms with van der Waals surface area (Å²) in [5.41, 5.74) is 0.592. The highest BCUT2D eigenvalue weighted by Gasteiger charge is 2.16. The zero-order valence-electron chi connectivity index (χ0n) is 15.0. The van der Waals surface area contributed by atoms with Gasteiger partial charge in [0.2, 0.25) is 0 Å². The average Bonchev–Trinajstić information content (AvgIpc) is 2.64. The fraction of sp³-hybridized carbons (Fsp3) is 0.316. The molecule has 140 valence electrons. The molecule has 0 saturated heterocycles. The molecule has 6 nitrogen and oxygen atoms in total. The predicted octanol–water partition coefficient (Wildman–Crippen LogP) is 3.89. The Balaban J connectivity index is 2.00. The molecule has 0 radical (unpaired) electrons. The lowest BCUT2D eigenvalue weighted by Crippen LogP contribution is -2.30. The van der Waals surface area contributed by atoms with E-state index in [1.54, 1.807) is 51.5 Å². The molecule has 0 bridgehead atoms. The summed E-state index contributed by atoms with van der Waals surface area (Å²) in [7, 11) is 3.16. The quantitative estimate of drug-likeness (QED) is 0.619. The second-order valence-electron chi connectivity index (χ2n) is 5.41. The van der Waals surface area contributed by atoms with Crippen molar-refractivity contribution < 1.29 is 23.7 Å². The van der Waals surface area contributed by atoms with E-state index in [2.05, 4.69) is 21.2 Å². The highest BCUT2D eigenvalue weighted by atomic mass is 79.9. The number of anilines is 1. The minimum atomic E-state index is -0.656. The van der Waals surface area contributed by atoms with E-state index in [9.17, 15) is 4.79 Å². The second-order valence-corrected chi connectivity index (χ2v) is 6.33. The van der Waals surface area contributed by atoms with Gasteiger partial charge in [-0.15, -0.1) is 0 Å². The molecular formula is C19H22BrNO5. The average molecular weight is 424 g/mol. The number of amides is 1. The smallest absolute Gasteiger partial charge is 0.265 e. The van der Waals surface area contributed by atoms with Crippen LogP contribution in [-0.4, -0.2) is 39.4 Å². The van der Waals surface area contributed by atoms with E-state index >= 15 is 0 Å². The van der Waals surface area contributed by atoms with Crippen LogP contribution in [-0.2, 0) is 9.53 Å². The highest BCUT2D eigenvalue weighted by molar-refractivity contribution is 9.10. The third kappa shape index (κ3) is 5.93. The first kappa shape index (κ1) is 20.1. The van der Waals surface area contributed by atoms with Gasteiger partial charge >= 0.3 is 0 Å². The molecule has 0 saturated carbocycles. The van der Waals surface area contributed by atoms with Crippen LogP contribution in [0.1, 0.15) is 6.92 Å². The lowest BCUT2D eigenvalue weighted by atomic mass is 10.2. The molecule has 7 heteroatoms. The van der Waals surface area contributed by atoms with E-state index in [0.717, 1.165) is 4.47 Å². The van der Waals surface area contributed by atoms with Crippen LogP contribution in [0.15, 0.2) is 46.9 Å². The number of carbonyl (C=O) groups excluding carboxylic acids is 1. The number of hydrogen-bond donors (Lipinski definition) is 1. The van der Waals surface area contributed by atoms with Gasteiger partial charge in [-0.2, -0.15) is 0 Å². The molecular weight excluding hydrogens is 402 g/mol. The Hall–Kier alpha value is -2.25. The number of benzene rings is 2. The fourth-order valence-corrected chi connectivity index (χ4v) is 2.38. The molecule has 2 aromatic rings. The van der Waals surface area contributed by atoms with Gasteiger partial charge in [-0.3, -0.25) is 4.79 Å². The fourth-order valence-electron chi connectivity index (χ4n) is 2.12. The van der Waals surface area contributed by atoms with Gasteiger partial charge in [0, 0.05) is 23.3 Å². The molecule has 1 unspecified atom stereocenters. The number of halogens is 1. The second kappa shape index (κ2) is 10.0. The Morgan fingerprint density at radius 1 is 1.08 bits per heavy atom. The van der Waals surface area contributed by atoms with Gasteiger partial charge in [0.1, 0.15) is 12.4 Å². The minimum Gasteiger partial charge on any atom is -0.493 e. The normalized spacial score (nSPS) is 11.5.